The van der Waals surface area contributed by atoms with Gasteiger partial charge in [-0.05, 0) is 24.3 Å². The third-order valence-electron chi connectivity index (χ3n) is 2.60. The highest BCUT2D eigenvalue weighted by atomic mass is 16.3. The second kappa shape index (κ2) is 3.59. The molecule has 0 aliphatic carbocycles. The zero-order valence-electron chi connectivity index (χ0n) is 9.42. The lowest BCUT2D eigenvalue weighted by atomic mass is 10.3. The van der Waals surface area contributed by atoms with E-state index < -0.39 is 0 Å². The first-order valence-corrected chi connectivity index (χ1v) is 5.34. The third-order valence-corrected chi connectivity index (χ3v) is 2.60. The van der Waals surface area contributed by atoms with Crippen LogP contribution in [0, 0.1) is 0 Å². The van der Waals surface area contributed by atoms with Crippen LogP contribution in [-0.2, 0) is 7.05 Å². The second-order valence-corrected chi connectivity index (χ2v) is 4.00. The summed E-state index contributed by atoms with van der Waals surface area (Å²) in [5.41, 5.74) is 8.88. The van der Waals surface area contributed by atoms with Crippen molar-refractivity contribution >= 4 is 16.8 Å². The summed E-state index contributed by atoms with van der Waals surface area (Å²) in [6, 6.07) is 9.38. The zero-order valence-corrected chi connectivity index (χ0v) is 9.42. The van der Waals surface area contributed by atoms with Gasteiger partial charge in [-0.3, -0.25) is 0 Å². The highest BCUT2D eigenvalue weighted by Gasteiger charge is 2.10. The van der Waals surface area contributed by atoms with E-state index in [-0.39, 0.29) is 0 Å². The molecule has 0 saturated carbocycles. The molecule has 84 valence electrons. The van der Waals surface area contributed by atoms with Crippen LogP contribution in [0.2, 0.25) is 0 Å². The van der Waals surface area contributed by atoms with Crippen molar-refractivity contribution in [3.63, 3.8) is 0 Å². The topological polar surface area (TPSA) is 55.9 Å². The number of hydrogen-bond acceptors (Lipinski definition) is 3. The van der Waals surface area contributed by atoms with Crippen molar-refractivity contribution in [3.05, 3.63) is 42.7 Å². The molecule has 3 rings (SSSR count). The normalized spacial score (nSPS) is 10.9. The van der Waals surface area contributed by atoms with Crippen molar-refractivity contribution in [2.75, 3.05) is 5.73 Å². The average Bonchev–Trinajstić information content (AvgIpc) is 2.72. The summed E-state index contributed by atoms with van der Waals surface area (Å²) in [5, 5.41) is 0. The molecular formula is C13H12N3O+. The molecule has 4 heteroatoms. The van der Waals surface area contributed by atoms with Gasteiger partial charge in [0.05, 0.1) is 0 Å². The van der Waals surface area contributed by atoms with E-state index in [2.05, 4.69) is 4.98 Å². The van der Waals surface area contributed by atoms with E-state index in [0.717, 1.165) is 16.7 Å². The Labute approximate surface area is 98.3 Å². The molecule has 0 saturated heterocycles. The molecule has 0 unspecified atom stereocenters. The van der Waals surface area contributed by atoms with Crippen LogP contribution in [0.4, 0.5) is 5.69 Å². The van der Waals surface area contributed by atoms with E-state index >= 15 is 0 Å². The van der Waals surface area contributed by atoms with Gasteiger partial charge in [-0.15, -0.1) is 0 Å². The standard InChI is InChI=1S/C13H12N3O/c1-16-6-2-3-9(8-16)13-15-11-7-10(14)4-5-12(11)17-13/h2-8H,14H2,1H3/q+1. The number of nitrogen functional groups attached to an aromatic ring is 1. The van der Waals surface area contributed by atoms with E-state index in [1.807, 2.05) is 54.3 Å². The fourth-order valence-electron chi connectivity index (χ4n) is 1.78. The number of aromatic nitrogens is 2. The van der Waals surface area contributed by atoms with Crippen LogP contribution in [0.3, 0.4) is 0 Å². The van der Waals surface area contributed by atoms with Gasteiger partial charge in [-0.2, -0.15) is 0 Å². The summed E-state index contributed by atoms with van der Waals surface area (Å²) in [4.78, 5) is 4.42. The maximum Gasteiger partial charge on any atom is 0.233 e. The number of nitrogens with zero attached hydrogens (tertiary/aromatic N) is 2. The Hall–Kier alpha value is -2.36. The lowest BCUT2D eigenvalue weighted by Crippen LogP contribution is -2.26. The minimum atomic E-state index is 0.613. The Balaban J connectivity index is 2.18. The quantitative estimate of drug-likeness (QED) is 0.509. The summed E-state index contributed by atoms with van der Waals surface area (Å²) in [5.74, 6) is 0.613. The van der Waals surface area contributed by atoms with Gasteiger partial charge in [0, 0.05) is 11.8 Å². The highest BCUT2D eigenvalue weighted by Crippen LogP contribution is 2.24. The molecule has 1 aromatic carbocycles. The Morgan fingerprint density at radius 3 is 3.00 bits per heavy atom. The van der Waals surface area contributed by atoms with Crippen molar-refractivity contribution in [1.29, 1.82) is 0 Å². The lowest BCUT2D eigenvalue weighted by Gasteiger charge is -1.91. The van der Waals surface area contributed by atoms with Gasteiger partial charge >= 0.3 is 0 Å². The minimum absolute atomic E-state index is 0.613. The smallest absolute Gasteiger partial charge is 0.233 e. The van der Waals surface area contributed by atoms with Crippen LogP contribution in [0.15, 0.2) is 47.1 Å². The Bertz CT molecular complexity index is 688. The Morgan fingerprint density at radius 2 is 2.18 bits per heavy atom. The number of hydrogen-bond donors (Lipinski definition) is 1. The molecule has 2 N–H and O–H groups in total. The largest absolute Gasteiger partial charge is 0.436 e. The van der Waals surface area contributed by atoms with Gasteiger partial charge in [0.1, 0.15) is 18.1 Å². The van der Waals surface area contributed by atoms with E-state index in [0.29, 0.717) is 11.6 Å². The van der Waals surface area contributed by atoms with Crippen molar-refractivity contribution in [3.8, 4) is 11.5 Å². The molecular weight excluding hydrogens is 214 g/mol. The molecule has 2 aromatic heterocycles. The van der Waals surface area contributed by atoms with Crippen LogP contribution in [0.5, 0.6) is 0 Å². The molecule has 0 aliphatic rings. The number of aryl methyl sites for hydroxylation is 1. The molecule has 0 bridgehead atoms. The van der Waals surface area contributed by atoms with E-state index in [1.165, 1.54) is 0 Å². The number of nitrogens with two attached hydrogens (primary N) is 1. The molecule has 0 atom stereocenters. The molecule has 4 nitrogen and oxygen atoms in total. The van der Waals surface area contributed by atoms with Crippen LogP contribution in [-0.4, -0.2) is 4.98 Å². The van der Waals surface area contributed by atoms with Gasteiger partial charge in [-0.1, -0.05) is 0 Å². The number of anilines is 1. The Morgan fingerprint density at radius 1 is 1.29 bits per heavy atom. The fraction of sp³-hybridized carbons (Fsp3) is 0.0769. The summed E-state index contributed by atoms with van der Waals surface area (Å²) >= 11 is 0. The first-order chi connectivity index (χ1) is 8.22. The summed E-state index contributed by atoms with van der Waals surface area (Å²) in [7, 11) is 1.96. The summed E-state index contributed by atoms with van der Waals surface area (Å²) in [6.45, 7) is 0. The number of rotatable bonds is 1. The number of pyridine rings is 1. The van der Waals surface area contributed by atoms with Gasteiger partial charge < -0.3 is 10.2 Å². The number of oxazole rings is 1. The molecule has 0 fully saturated rings. The summed E-state index contributed by atoms with van der Waals surface area (Å²) < 4.78 is 7.64. The highest BCUT2D eigenvalue weighted by molar-refractivity contribution is 5.79. The number of benzene rings is 1. The predicted molar refractivity (Wildman–Crippen MR) is 65.0 cm³/mol. The van der Waals surface area contributed by atoms with Gasteiger partial charge in [0.2, 0.25) is 5.89 Å². The number of fused-ring (bicyclic) bond motifs is 1. The Kier molecular flexibility index (Phi) is 2.08. The molecule has 0 amide bonds. The van der Waals surface area contributed by atoms with Crippen molar-refractivity contribution in [2.45, 2.75) is 0 Å². The minimum Gasteiger partial charge on any atom is -0.436 e. The maximum absolute atomic E-state index is 5.71. The zero-order chi connectivity index (χ0) is 11.8. The molecule has 3 aromatic rings. The predicted octanol–water partition coefficient (Wildman–Crippen LogP) is 1.90. The van der Waals surface area contributed by atoms with Crippen molar-refractivity contribution in [2.24, 2.45) is 7.05 Å². The van der Waals surface area contributed by atoms with E-state index in [4.69, 9.17) is 10.2 Å². The maximum atomic E-state index is 5.71. The molecule has 0 aliphatic heterocycles. The molecule has 2 heterocycles. The first-order valence-electron chi connectivity index (χ1n) is 5.34. The second-order valence-electron chi connectivity index (χ2n) is 4.00. The molecule has 17 heavy (non-hydrogen) atoms. The lowest BCUT2D eigenvalue weighted by molar-refractivity contribution is -0.671. The fourth-order valence-corrected chi connectivity index (χ4v) is 1.78. The van der Waals surface area contributed by atoms with Gasteiger partial charge in [0.15, 0.2) is 18.0 Å². The van der Waals surface area contributed by atoms with Crippen molar-refractivity contribution in [1.82, 2.24) is 4.98 Å². The molecule has 0 spiro atoms. The average molecular weight is 226 g/mol. The van der Waals surface area contributed by atoms with Crippen LogP contribution in [0.1, 0.15) is 0 Å². The molecule has 0 radical (unpaired) electrons. The van der Waals surface area contributed by atoms with Gasteiger partial charge in [-0.25, -0.2) is 9.55 Å². The van der Waals surface area contributed by atoms with E-state index in [9.17, 15) is 0 Å². The van der Waals surface area contributed by atoms with Gasteiger partial charge in [0.25, 0.3) is 0 Å². The summed E-state index contributed by atoms with van der Waals surface area (Å²) in [6.07, 6.45) is 3.93. The van der Waals surface area contributed by atoms with E-state index in [1.54, 1.807) is 0 Å². The third kappa shape index (κ3) is 1.73. The van der Waals surface area contributed by atoms with Crippen LogP contribution in [0.25, 0.3) is 22.6 Å². The SMILES string of the molecule is C[n+]1cccc(-c2nc3cc(N)ccc3o2)c1. The van der Waals surface area contributed by atoms with Crippen molar-refractivity contribution < 1.29 is 8.98 Å². The first kappa shape index (κ1) is 9.84. The monoisotopic (exact) mass is 226 g/mol. The van der Waals surface area contributed by atoms with Crippen LogP contribution >= 0.6 is 0 Å². The van der Waals surface area contributed by atoms with Crippen LogP contribution < -0.4 is 10.3 Å².